The van der Waals surface area contributed by atoms with E-state index in [0.717, 1.165) is 38.2 Å². The van der Waals surface area contributed by atoms with E-state index in [4.69, 9.17) is 4.99 Å². The predicted molar refractivity (Wildman–Crippen MR) is 133 cm³/mol. The molecule has 180 valence electrons. The number of hydrogen-bond acceptors (Lipinski definition) is 5. The molecule has 1 saturated carbocycles. The summed E-state index contributed by atoms with van der Waals surface area (Å²) in [5.41, 5.74) is 0.982. The van der Waals surface area contributed by atoms with Crippen LogP contribution in [0.5, 0.6) is 0 Å². The van der Waals surface area contributed by atoms with Crippen molar-refractivity contribution < 1.29 is 8.42 Å². The van der Waals surface area contributed by atoms with Crippen molar-refractivity contribution in [2.45, 2.75) is 81.7 Å². The van der Waals surface area contributed by atoms with E-state index in [-0.39, 0.29) is 17.9 Å². The molecule has 0 atom stereocenters. The fraction of sp³-hybridized carbons (Fsp3) is 0.708. The first-order valence-corrected chi connectivity index (χ1v) is 13.5. The van der Waals surface area contributed by atoms with Crippen LogP contribution in [0.1, 0.15) is 64.4 Å². The third kappa shape index (κ3) is 5.66. The first-order chi connectivity index (χ1) is 14.9. The number of nitrogens with one attached hydrogen (secondary N) is 2. The average Bonchev–Trinajstić information content (AvgIpc) is 2.77. The Morgan fingerprint density at radius 2 is 1.78 bits per heavy atom. The van der Waals surface area contributed by atoms with Crippen LogP contribution in [-0.2, 0) is 16.4 Å². The highest BCUT2D eigenvalue weighted by Crippen LogP contribution is 2.30. The van der Waals surface area contributed by atoms with Crippen LogP contribution in [0.15, 0.2) is 34.2 Å². The predicted octanol–water partition coefficient (Wildman–Crippen LogP) is 3.75. The topological polar surface area (TPSA) is 73.8 Å². The minimum atomic E-state index is -3.46. The number of hydrogen-bond donors (Lipinski definition) is 2. The number of sulfonamides is 1. The highest BCUT2D eigenvalue weighted by atomic mass is 35.5. The van der Waals surface area contributed by atoms with Gasteiger partial charge in [0.15, 0.2) is 0 Å². The molecule has 6 nitrogen and oxygen atoms in total. The number of aliphatic imine (C=N–C) groups is 1. The quantitative estimate of drug-likeness (QED) is 0.670. The Kier molecular flexibility index (Phi) is 8.64. The van der Waals surface area contributed by atoms with Gasteiger partial charge in [-0.15, -0.1) is 12.4 Å². The van der Waals surface area contributed by atoms with Crippen molar-refractivity contribution in [3.63, 3.8) is 0 Å². The van der Waals surface area contributed by atoms with Crippen molar-refractivity contribution in [3.05, 3.63) is 29.8 Å². The molecule has 2 fully saturated rings. The Morgan fingerprint density at radius 3 is 2.41 bits per heavy atom. The SMILES string of the molecule is CC(C)Cc1ccc(S(=O)(=O)N2CCC3(CC2)NCCN=C3NC2CCCCC2)cc1.Cl. The molecule has 2 N–H and O–H groups in total. The molecule has 32 heavy (non-hydrogen) atoms. The minimum absolute atomic E-state index is 0. The fourth-order valence-corrected chi connectivity index (χ4v) is 6.70. The summed E-state index contributed by atoms with van der Waals surface area (Å²) in [7, 11) is -3.46. The number of amidine groups is 1. The van der Waals surface area contributed by atoms with Gasteiger partial charge in [0.25, 0.3) is 0 Å². The first kappa shape index (κ1) is 25.5. The third-order valence-electron chi connectivity index (χ3n) is 7.03. The van der Waals surface area contributed by atoms with Crippen molar-refractivity contribution in [1.82, 2.24) is 14.9 Å². The summed E-state index contributed by atoms with van der Waals surface area (Å²) < 4.78 is 28.2. The summed E-state index contributed by atoms with van der Waals surface area (Å²) in [6.07, 6.45) is 8.81. The maximum atomic E-state index is 13.2. The molecule has 1 spiro atoms. The van der Waals surface area contributed by atoms with Gasteiger partial charge in [0, 0.05) is 25.7 Å². The molecule has 1 aromatic carbocycles. The normalized spacial score (nSPS) is 22.4. The molecule has 0 radical (unpaired) electrons. The number of halogens is 1. The lowest BCUT2D eigenvalue weighted by atomic mass is 9.84. The van der Waals surface area contributed by atoms with Gasteiger partial charge in [-0.3, -0.25) is 4.99 Å². The number of benzene rings is 1. The fourth-order valence-electron chi connectivity index (χ4n) is 5.26. The van der Waals surface area contributed by atoms with Crippen molar-refractivity contribution in [1.29, 1.82) is 0 Å². The largest absolute Gasteiger partial charge is 0.370 e. The maximum Gasteiger partial charge on any atom is 0.243 e. The highest BCUT2D eigenvalue weighted by Gasteiger charge is 2.43. The Hall–Kier alpha value is -1.15. The van der Waals surface area contributed by atoms with Crippen LogP contribution < -0.4 is 10.6 Å². The van der Waals surface area contributed by atoms with E-state index in [1.165, 1.54) is 37.7 Å². The molecular weight excluding hydrogens is 444 g/mol. The summed E-state index contributed by atoms with van der Waals surface area (Å²) >= 11 is 0. The molecule has 4 rings (SSSR count). The van der Waals surface area contributed by atoms with Crippen LogP contribution in [0.25, 0.3) is 0 Å². The lowest BCUT2D eigenvalue weighted by Gasteiger charge is -2.45. The van der Waals surface area contributed by atoms with Crippen LogP contribution in [-0.4, -0.2) is 56.3 Å². The zero-order valence-electron chi connectivity index (χ0n) is 19.5. The van der Waals surface area contributed by atoms with Crippen LogP contribution in [0, 0.1) is 5.92 Å². The average molecular weight is 483 g/mol. The molecule has 3 aliphatic rings. The third-order valence-corrected chi connectivity index (χ3v) is 8.94. The summed E-state index contributed by atoms with van der Waals surface area (Å²) in [4.78, 5) is 5.26. The van der Waals surface area contributed by atoms with E-state index in [1.54, 1.807) is 16.4 Å². The van der Waals surface area contributed by atoms with Gasteiger partial charge in [-0.1, -0.05) is 45.2 Å². The summed E-state index contributed by atoms with van der Waals surface area (Å²) in [5.74, 6) is 1.63. The van der Waals surface area contributed by atoms with Gasteiger partial charge in [-0.05, 0) is 55.7 Å². The number of nitrogens with zero attached hydrogens (tertiary/aromatic N) is 2. The zero-order chi connectivity index (χ0) is 21.9. The molecule has 0 amide bonds. The molecule has 1 aliphatic carbocycles. The van der Waals surface area contributed by atoms with Gasteiger partial charge in [0.05, 0.1) is 17.0 Å². The lowest BCUT2D eigenvalue weighted by Crippen LogP contribution is -2.65. The van der Waals surface area contributed by atoms with E-state index in [1.807, 2.05) is 12.1 Å². The van der Waals surface area contributed by atoms with E-state index in [0.29, 0.717) is 29.9 Å². The smallest absolute Gasteiger partial charge is 0.243 e. The Balaban J connectivity index is 0.00000289. The van der Waals surface area contributed by atoms with Gasteiger partial charge in [-0.25, -0.2) is 8.42 Å². The highest BCUT2D eigenvalue weighted by molar-refractivity contribution is 7.89. The first-order valence-electron chi connectivity index (χ1n) is 12.0. The Bertz CT molecular complexity index is 872. The van der Waals surface area contributed by atoms with Crippen LogP contribution >= 0.6 is 12.4 Å². The molecule has 0 bridgehead atoms. The van der Waals surface area contributed by atoms with Gasteiger partial charge in [0.1, 0.15) is 5.84 Å². The lowest BCUT2D eigenvalue weighted by molar-refractivity contribution is 0.238. The van der Waals surface area contributed by atoms with E-state index in [9.17, 15) is 8.42 Å². The van der Waals surface area contributed by atoms with E-state index < -0.39 is 10.0 Å². The molecule has 8 heteroatoms. The monoisotopic (exact) mass is 482 g/mol. The van der Waals surface area contributed by atoms with Crippen molar-refractivity contribution in [3.8, 4) is 0 Å². The molecule has 2 heterocycles. The molecule has 0 aromatic heterocycles. The Morgan fingerprint density at radius 1 is 1.12 bits per heavy atom. The minimum Gasteiger partial charge on any atom is -0.370 e. The second-order valence-corrected chi connectivity index (χ2v) is 11.8. The van der Waals surface area contributed by atoms with Crippen LogP contribution in [0.4, 0.5) is 0 Å². The van der Waals surface area contributed by atoms with Crippen LogP contribution in [0.2, 0.25) is 0 Å². The zero-order valence-corrected chi connectivity index (χ0v) is 21.1. The van der Waals surface area contributed by atoms with Gasteiger partial charge in [0.2, 0.25) is 10.0 Å². The second kappa shape index (κ2) is 10.9. The van der Waals surface area contributed by atoms with Gasteiger partial charge in [-0.2, -0.15) is 4.31 Å². The van der Waals surface area contributed by atoms with Crippen molar-refractivity contribution in [2.24, 2.45) is 10.9 Å². The number of piperidine rings is 1. The van der Waals surface area contributed by atoms with Crippen molar-refractivity contribution in [2.75, 3.05) is 26.2 Å². The van der Waals surface area contributed by atoms with E-state index >= 15 is 0 Å². The molecule has 0 unspecified atom stereocenters. The summed E-state index contributed by atoms with van der Waals surface area (Å²) in [6.45, 7) is 7.05. The molecule has 1 aromatic rings. The van der Waals surface area contributed by atoms with Crippen molar-refractivity contribution >= 4 is 28.3 Å². The second-order valence-electron chi connectivity index (χ2n) is 9.86. The number of rotatable bonds is 5. The molecule has 1 saturated heterocycles. The maximum absolute atomic E-state index is 13.2. The Labute approximate surface area is 200 Å². The van der Waals surface area contributed by atoms with Gasteiger partial charge < -0.3 is 10.6 Å². The van der Waals surface area contributed by atoms with Crippen LogP contribution in [0.3, 0.4) is 0 Å². The van der Waals surface area contributed by atoms with E-state index in [2.05, 4.69) is 24.5 Å². The van der Waals surface area contributed by atoms with Gasteiger partial charge >= 0.3 is 0 Å². The summed E-state index contributed by atoms with van der Waals surface area (Å²) in [5, 5.41) is 7.44. The molecular formula is C24H39ClN4O2S. The standard InChI is InChI=1S/C24H38N4O2S.ClH/c1-19(2)18-20-8-10-22(11-9-20)31(29,30)28-16-12-24(13-17-28)23(25-14-15-26-24)27-21-6-4-3-5-7-21;/h8-11,19,21,26H,3-7,12-18H2,1-2H3,(H,25,27);1H. The molecule has 2 aliphatic heterocycles. The summed E-state index contributed by atoms with van der Waals surface area (Å²) in [6, 6.07) is 7.97.